The summed E-state index contributed by atoms with van der Waals surface area (Å²) in [5.41, 5.74) is -1.03. The minimum Gasteiger partial charge on any atom is -0.456 e. The van der Waals surface area contributed by atoms with E-state index in [1.165, 1.54) is 0 Å². The number of Topliss-reactive ketones (excluding diaryl/α,β-unsaturated/α-hetero) is 1. The van der Waals surface area contributed by atoms with Gasteiger partial charge in [-0.2, -0.15) is 0 Å². The number of esters is 1. The molecule has 0 amide bonds. The van der Waals surface area contributed by atoms with Gasteiger partial charge in [0.2, 0.25) is 0 Å². The van der Waals surface area contributed by atoms with Crippen LogP contribution in [0.3, 0.4) is 0 Å². The molecule has 2 saturated carbocycles. The first-order valence-electron chi connectivity index (χ1n) is 15.3. The molecule has 10 nitrogen and oxygen atoms in total. The average Bonchev–Trinajstić information content (AvgIpc) is 2.96. The molecule has 43 heavy (non-hydrogen) atoms. The van der Waals surface area contributed by atoms with E-state index in [1.807, 2.05) is 19.9 Å². The van der Waals surface area contributed by atoms with E-state index >= 15 is 0 Å². The highest BCUT2D eigenvalue weighted by Gasteiger charge is 2.72. The molecule has 0 aromatic heterocycles. The molecule has 1 aliphatic heterocycles. The lowest BCUT2D eigenvalue weighted by molar-refractivity contribution is -0.302. The van der Waals surface area contributed by atoms with E-state index in [2.05, 4.69) is 5.48 Å². The zero-order valence-electron chi connectivity index (χ0n) is 25.9. The van der Waals surface area contributed by atoms with Crippen molar-refractivity contribution >= 4 is 19.0 Å². The summed E-state index contributed by atoms with van der Waals surface area (Å²) >= 11 is 0. The monoisotopic (exact) mass is 599 g/mol. The minimum atomic E-state index is -1.64. The predicted molar refractivity (Wildman–Crippen MR) is 158 cm³/mol. The molecule has 1 aromatic rings. The maximum absolute atomic E-state index is 14.3. The van der Waals surface area contributed by atoms with E-state index in [0.29, 0.717) is 17.7 Å². The SMILES string of the molecule is CC1=C2[C@@H](O)C(=O)[C@@]3(C)[C@H]([C@H](C)[C@](O)(C[C@@H]1OC(=O)[C@H](O)[C@@H](BCNO)c1ccccc1)C2(C)C)[C@]1(C)CO[C@@H]1C[C@@H]3O. The van der Waals surface area contributed by atoms with Crippen molar-refractivity contribution in [2.45, 2.75) is 96.3 Å². The number of ether oxygens (including phenoxy) is 2. The van der Waals surface area contributed by atoms with Crippen molar-refractivity contribution in [2.75, 3.05) is 13.1 Å². The first-order chi connectivity index (χ1) is 20.1. The van der Waals surface area contributed by atoms with Crippen molar-refractivity contribution in [2.24, 2.45) is 28.1 Å². The van der Waals surface area contributed by atoms with Crippen LogP contribution in [0.5, 0.6) is 0 Å². The second kappa shape index (κ2) is 11.0. The number of hydrogen-bond donors (Lipinski definition) is 6. The fraction of sp³-hybridized carbons (Fsp3) is 0.688. The molecule has 11 heteroatoms. The molecule has 2 bridgehead atoms. The normalized spacial score (nSPS) is 41.5. The number of carbonyl (C=O) groups is 2. The maximum Gasteiger partial charge on any atom is 0.335 e. The highest BCUT2D eigenvalue weighted by Crippen LogP contribution is 2.66. The van der Waals surface area contributed by atoms with E-state index in [1.54, 1.807) is 52.0 Å². The van der Waals surface area contributed by atoms with Crippen LogP contribution < -0.4 is 5.48 Å². The number of hydrogen-bond acceptors (Lipinski definition) is 10. The molecule has 3 fully saturated rings. The molecule has 0 unspecified atom stereocenters. The third-order valence-electron chi connectivity index (χ3n) is 12.0. The van der Waals surface area contributed by atoms with Gasteiger partial charge in [0.1, 0.15) is 12.2 Å². The summed E-state index contributed by atoms with van der Waals surface area (Å²) in [6, 6.07) is 8.98. The zero-order valence-corrected chi connectivity index (χ0v) is 25.9. The summed E-state index contributed by atoms with van der Waals surface area (Å²) in [7, 11) is 0.243. The zero-order chi connectivity index (χ0) is 31.7. The van der Waals surface area contributed by atoms with Gasteiger partial charge in [-0.25, -0.2) is 10.3 Å². The molecule has 1 aromatic carbocycles. The Hall–Kier alpha value is -2.12. The molecule has 5 rings (SSSR count). The van der Waals surface area contributed by atoms with Crippen LogP contribution in [0.4, 0.5) is 0 Å². The Kier molecular flexibility index (Phi) is 8.29. The van der Waals surface area contributed by atoms with Gasteiger partial charge in [0, 0.05) is 23.7 Å². The lowest BCUT2D eigenvalue weighted by Crippen LogP contribution is -2.75. The summed E-state index contributed by atoms with van der Waals surface area (Å²) in [6.45, 7) is 11.3. The van der Waals surface area contributed by atoms with Crippen molar-refractivity contribution < 1.29 is 44.7 Å². The molecule has 236 valence electrons. The third-order valence-corrected chi connectivity index (χ3v) is 12.0. The smallest absolute Gasteiger partial charge is 0.335 e. The lowest BCUT2D eigenvalue weighted by Gasteiger charge is -2.68. The fourth-order valence-corrected chi connectivity index (χ4v) is 9.37. The van der Waals surface area contributed by atoms with Crippen LogP contribution in [0.2, 0.25) is 0 Å². The standard InChI is InChI=1S/C32H46BNO9/c1-16-19(43-28(39)25(37)23(33-15-34-41)18-10-8-7-9-11-18)13-32(40)17(2)26-30(5)14-42-21(30)12-20(35)31(26,6)27(38)24(36)22(16)29(32,3)4/h7-11,17,19-21,23-26,33-37,40-41H,12-15H2,1-6H3/t17-,19-,20-,21+,23-,24+,25+,26+,30+,31+,32+/m0/s1. The summed E-state index contributed by atoms with van der Waals surface area (Å²) in [6.07, 6.45) is -5.22. The van der Waals surface area contributed by atoms with E-state index < -0.39 is 75.7 Å². The Morgan fingerprint density at radius 2 is 1.84 bits per heavy atom. The third kappa shape index (κ3) is 4.57. The largest absolute Gasteiger partial charge is 0.456 e. The molecule has 6 N–H and O–H groups in total. The molecule has 11 atom stereocenters. The van der Waals surface area contributed by atoms with Gasteiger partial charge < -0.3 is 35.1 Å². The van der Waals surface area contributed by atoms with Crippen LogP contribution in [-0.2, 0) is 19.1 Å². The Labute approximate surface area is 253 Å². The van der Waals surface area contributed by atoms with Crippen LogP contribution in [-0.4, -0.2) is 93.8 Å². The van der Waals surface area contributed by atoms with Gasteiger partial charge in [-0.15, -0.1) is 0 Å². The van der Waals surface area contributed by atoms with Crippen LogP contribution in [0.15, 0.2) is 41.5 Å². The van der Waals surface area contributed by atoms with Gasteiger partial charge in [-0.1, -0.05) is 58.0 Å². The number of aliphatic hydroxyl groups is 4. The van der Waals surface area contributed by atoms with Crippen LogP contribution >= 0.6 is 0 Å². The van der Waals surface area contributed by atoms with Gasteiger partial charge in [0.15, 0.2) is 19.2 Å². The molecule has 1 saturated heterocycles. The summed E-state index contributed by atoms with van der Waals surface area (Å²) in [5.74, 6) is -3.21. The molecule has 0 spiro atoms. The number of fused-ring (bicyclic) bond motifs is 5. The Morgan fingerprint density at radius 3 is 2.42 bits per heavy atom. The fourth-order valence-electron chi connectivity index (χ4n) is 9.37. The quantitative estimate of drug-likeness (QED) is 0.116. The van der Waals surface area contributed by atoms with Crippen molar-refractivity contribution in [3.63, 3.8) is 0 Å². The molecule has 0 radical (unpaired) electrons. The van der Waals surface area contributed by atoms with E-state index in [9.17, 15) is 35.2 Å². The van der Waals surface area contributed by atoms with Crippen molar-refractivity contribution in [3.05, 3.63) is 47.0 Å². The van der Waals surface area contributed by atoms with Crippen molar-refractivity contribution in [3.8, 4) is 0 Å². The van der Waals surface area contributed by atoms with Gasteiger partial charge in [0.25, 0.3) is 0 Å². The van der Waals surface area contributed by atoms with Crippen LogP contribution in [0.25, 0.3) is 0 Å². The number of nitrogens with one attached hydrogen (secondary N) is 1. The number of ketones is 1. The second-order valence-corrected chi connectivity index (χ2v) is 14.3. The van der Waals surface area contributed by atoms with E-state index in [-0.39, 0.29) is 38.2 Å². The Bertz CT molecular complexity index is 1290. The number of hydroxylamine groups is 1. The Balaban J connectivity index is 1.55. The van der Waals surface area contributed by atoms with Crippen molar-refractivity contribution in [1.29, 1.82) is 0 Å². The molecule has 3 aliphatic carbocycles. The molecule has 4 aliphatic rings. The first-order valence-corrected chi connectivity index (χ1v) is 15.3. The van der Waals surface area contributed by atoms with Gasteiger partial charge >= 0.3 is 5.97 Å². The summed E-state index contributed by atoms with van der Waals surface area (Å²) in [5, 5.41) is 56.3. The topological polar surface area (TPSA) is 166 Å². The maximum atomic E-state index is 14.3. The van der Waals surface area contributed by atoms with Gasteiger partial charge in [-0.05, 0) is 54.7 Å². The minimum absolute atomic E-state index is 0.0195. The first kappa shape index (κ1) is 32.3. The van der Waals surface area contributed by atoms with E-state index in [0.717, 1.165) is 0 Å². The lowest BCUT2D eigenvalue weighted by atomic mass is 9.40. The number of rotatable bonds is 7. The van der Waals surface area contributed by atoms with Crippen LogP contribution in [0.1, 0.15) is 65.8 Å². The highest BCUT2D eigenvalue weighted by molar-refractivity contribution is 6.39. The van der Waals surface area contributed by atoms with Crippen LogP contribution in [0, 0.1) is 28.1 Å². The number of benzene rings is 1. The molecular formula is C32H46BNO9. The van der Waals surface area contributed by atoms with Gasteiger partial charge in [-0.3, -0.25) is 4.79 Å². The van der Waals surface area contributed by atoms with Crippen molar-refractivity contribution in [1.82, 2.24) is 5.48 Å². The molecule has 1 heterocycles. The highest BCUT2D eigenvalue weighted by atomic mass is 16.6. The molecular weight excluding hydrogens is 553 g/mol. The van der Waals surface area contributed by atoms with Gasteiger partial charge in [0.05, 0.1) is 29.8 Å². The summed E-state index contributed by atoms with van der Waals surface area (Å²) < 4.78 is 11.8. The average molecular weight is 600 g/mol. The number of aliphatic hydroxyl groups excluding tert-OH is 3. The summed E-state index contributed by atoms with van der Waals surface area (Å²) in [4.78, 5) is 27.8. The predicted octanol–water partition coefficient (Wildman–Crippen LogP) is 1.22. The number of carbonyl (C=O) groups excluding carboxylic acids is 2. The van der Waals surface area contributed by atoms with E-state index in [4.69, 9.17) is 9.47 Å². The second-order valence-electron chi connectivity index (χ2n) is 14.3. The Morgan fingerprint density at radius 1 is 1.19 bits per heavy atom.